The minimum Gasteiger partial charge on any atom is -0.338 e. The standard InChI is InChI=1S/C15H19ClN4O.ClH/c1-10(8-17)19(3)15(21)14-9-20(18-11(14)2)13-6-4-12(16)5-7-13;/h4-7,9-10H,8,17H2,1-3H3;1H. The number of nitrogens with zero attached hydrogens (tertiary/aromatic N) is 3. The molecule has 2 aromatic rings. The molecule has 22 heavy (non-hydrogen) atoms. The van der Waals surface area contributed by atoms with Crippen LogP contribution in [0.5, 0.6) is 0 Å². The average Bonchev–Trinajstić information content (AvgIpc) is 2.87. The first kappa shape index (κ1) is 18.5. The molecule has 0 aliphatic heterocycles. The van der Waals surface area contributed by atoms with Crippen molar-refractivity contribution < 1.29 is 4.79 Å². The largest absolute Gasteiger partial charge is 0.338 e. The predicted molar refractivity (Wildman–Crippen MR) is 91.2 cm³/mol. The molecule has 0 radical (unpaired) electrons. The van der Waals surface area contributed by atoms with Crippen molar-refractivity contribution in [2.24, 2.45) is 5.73 Å². The number of carbonyl (C=O) groups excluding carboxylic acids is 1. The van der Waals surface area contributed by atoms with Crippen molar-refractivity contribution >= 4 is 29.9 Å². The van der Waals surface area contributed by atoms with Crippen LogP contribution in [0.25, 0.3) is 5.69 Å². The van der Waals surface area contributed by atoms with Crippen LogP contribution in [0.15, 0.2) is 30.5 Å². The summed E-state index contributed by atoms with van der Waals surface area (Å²) >= 11 is 5.88. The van der Waals surface area contributed by atoms with Crippen LogP contribution in [0.3, 0.4) is 0 Å². The topological polar surface area (TPSA) is 64.2 Å². The van der Waals surface area contributed by atoms with Gasteiger partial charge in [0.15, 0.2) is 0 Å². The monoisotopic (exact) mass is 342 g/mol. The summed E-state index contributed by atoms with van der Waals surface area (Å²) in [5, 5.41) is 5.06. The predicted octanol–water partition coefficient (Wildman–Crippen LogP) is 2.68. The smallest absolute Gasteiger partial charge is 0.257 e. The zero-order valence-electron chi connectivity index (χ0n) is 12.8. The number of rotatable bonds is 4. The van der Waals surface area contributed by atoms with Gasteiger partial charge in [0.2, 0.25) is 0 Å². The molecular weight excluding hydrogens is 323 g/mol. The van der Waals surface area contributed by atoms with Crippen LogP contribution in [-0.4, -0.2) is 40.2 Å². The second kappa shape index (κ2) is 7.63. The molecule has 1 atom stereocenters. The maximum Gasteiger partial charge on any atom is 0.257 e. The number of likely N-dealkylation sites (N-methyl/N-ethyl adjacent to an activating group) is 1. The minimum atomic E-state index is -0.0781. The Labute approximate surface area is 141 Å². The van der Waals surface area contributed by atoms with Gasteiger partial charge in [0.25, 0.3) is 5.91 Å². The lowest BCUT2D eigenvalue weighted by Crippen LogP contribution is -2.39. The molecule has 2 rings (SSSR count). The van der Waals surface area contributed by atoms with E-state index in [-0.39, 0.29) is 24.4 Å². The van der Waals surface area contributed by atoms with E-state index in [0.717, 1.165) is 5.69 Å². The Bertz CT molecular complexity index is 639. The van der Waals surface area contributed by atoms with E-state index in [2.05, 4.69) is 5.10 Å². The highest BCUT2D eigenvalue weighted by Crippen LogP contribution is 2.16. The van der Waals surface area contributed by atoms with Crippen molar-refractivity contribution in [3.05, 3.63) is 46.7 Å². The molecule has 1 unspecified atom stereocenters. The third kappa shape index (κ3) is 3.80. The number of amides is 1. The quantitative estimate of drug-likeness (QED) is 0.928. The van der Waals surface area contributed by atoms with Gasteiger partial charge in [-0.05, 0) is 38.1 Å². The van der Waals surface area contributed by atoms with Crippen LogP contribution in [-0.2, 0) is 0 Å². The maximum absolute atomic E-state index is 12.5. The number of hydrogen-bond donors (Lipinski definition) is 1. The Morgan fingerprint density at radius 3 is 2.55 bits per heavy atom. The van der Waals surface area contributed by atoms with E-state index < -0.39 is 0 Å². The van der Waals surface area contributed by atoms with E-state index in [1.165, 1.54) is 0 Å². The fourth-order valence-electron chi connectivity index (χ4n) is 1.94. The molecule has 5 nitrogen and oxygen atoms in total. The van der Waals surface area contributed by atoms with Crippen LogP contribution in [0, 0.1) is 6.92 Å². The summed E-state index contributed by atoms with van der Waals surface area (Å²) in [4.78, 5) is 14.1. The van der Waals surface area contributed by atoms with Crippen molar-refractivity contribution in [1.29, 1.82) is 0 Å². The van der Waals surface area contributed by atoms with Crippen LogP contribution in [0.4, 0.5) is 0 Å². The molecule has 0 spiro atoms. The molecule has 1 amide bonds. The molecule has 0 aliphatic carbocycles. The summed E-state index contributed by atoms with van der Waals surface area (Å²) in [6, 6.07) is 7.27. The number of hydrogen-bond acceptors (Lipinski definition) is 3. The lowest BCUT2D eigenvalue weighted by Gasteiger charge is -2.23. The lowest BCUT2D eigenvalue weighted by molar-refractivity contribution is 0.0747. The number of benzene rings is 1. The Balaban J connectivity index is 0.00000242. The summed E-state index contributed by atoms with van der Waals surface area (Å²) in [6.45, 7) is 4.16. The van der Waals surface area contributed by atoms with Crippen molar-refractivity contribution in [2.45, 2.75) is 19.9 Å². The maximum atomic E-state index is 12.5. The van der Waals surface area contributed by atoms with Gasteiger partial charge < -0.3 is 10.6 Å². The van der Waals surface area contributed by atoms with Gasteiger partial charge >= 0.3 is 0 Å². The van der Waals surface area contributed by atoms with Crippen molar-refractivity contribution in [1.82, 2.24) is 14.7 Å². The third-order valence-corrected chi connectivity index (χ3v) is 3.80. The number of aromatic nitrogens is 2. The molecule has 1 heterocycles. The fraction of sp³-hybridized carbons (Fsp3) is 0.333. The summed E-state index contributed by atoms with van der Waals surface area (Å²) in [5.41, 5.74) is 7.73. The van der Waals surface area contributed by atoms with Crippen molar-refractivity contribution in [3.8, 4) is 5.69 Å². The zero-order chi connectivity index (χ0) is 15.6. The second-order valence-corrected chi connectivity index (χ2v) is 5.49. The van der Waals surface area contributed by atoms with Crippen molar-refractivity contribution in [3.63, 3.8) is 0 Å². The van der Waals surface area contributed by atoms with Gasteiger partial charge in [0, 0.05) is 30.9 Å². The molecule has 1 aromatic heterocycles. The van der Waals surface area contributed by atoms with Gasteiger partial charge in [-0.3, -0.25) is 4.79 Å². The molecule has 0 saturated carbocycles. The van der Waals surface area contributed by atoms with Crippen LogP contribution in [0.2, 0.25) is 5.02 Å². The number of carbonyl (C=O) groups is 1. The van der Waals surface area contributed by atoms with Gasteiger partial charge in [0.1, 0.15) is 0 Å². The molecule has 0 bridgehead atoms. The van der Waals surface area contributed by atoms with Gasteiger partial charge in [-0.1, -0.05) is 11.6 Å². The van der Waals surface area contributed by atoms with Crippen LogP contribution >= 0.6 is 24.0 Å². The first-order valence-electron chi connectivity index (χ1n) is 6.73. The number of nitrogens with two attached hydrogens (primary N) is 1. The molecule has 7 heteroatoms. The van der Waals surface area contributed by atoms with Gasteiger partial charge in [-0.2, -0.15) is 5.10 Å². The average molecular weight is 343 g/mol. The van der Waals surface area contributed by atoms with Crippen LogP contribution < -0.4 is 5.73 Å². The normalized spacial score (nSPS) is 11.7. The van der Waals surface area contributed by atoms with Gasteiger partial charge in [-0.15, -0.1) is 12.4 Å². The van der Waals surface area contributed by atoms with Crippen LogP contribution in [0.1, 0.15) is 23.0 Å². The molecular formula is C15H20Cl2N4O. The highest BCUT2D eigenvalue weighted by atomic mass is 35.5. The number of halogens is 2. The fourth-order valence-corrected chi connectivity index (χ4v) is 2.07. The SMILES string of the molecule is Cc1nn(-c2ccc(Cl)cc2)cc1C(=O)N(C)C(C)CN.Cl. The Kier molecular flexibility index (Phi) is 6.41. The van der Waals surface area contributed by atoms with E-state index in [1.807, 2.05) is 26.0 Å². The molecule has 0 aliphatic rings. The molecule has 0 saturated heterocycles. The summed E-state index contributed by atoms with van der Waals surface area (Å²) in [5.74, 6) is -0.0781. The van der Waals surface area contributed by atoms with Gasteiger partial charge in [0.05, 0.1) is 16.9 Å². The Morgan fingerprint density at radius 2 is 2.00 bits per heavy atom. The molecule has 120 valence electrons. The summed E-state index contributed by atoms with van der Waals surface area (Å²) in [7, 11) is 1.75. The zero-order valence-corrected chi connectivity index (χ0v) is 14.4. The highest BCUT2D eigenvalue weighted by molar-refractivity contribution is 6.30. The molecule has 0 fully saturated rings. The van der Waals surface area contributed by atoms with E-state index >= 15 is 0 Å². The number of aryl methyl sites for hydroxylation is 1. The van der Waals surface area contributed by atoms with E-state index in [1.54, 1.807) is 35.0 Å². The van der Waals surface area contributed by atoms with Crippen molar-refractivity contribution in [2.75, 3.05) is 13.6 Å². The summed E-state index contributed by atoms with van der Waals surface area (Å²) < 4.78 is 1.68. The molecule has 2 N–H and O–H groups in total. The second-order valence-electron chi connectivity index (χ2n) is 5.05. The first-order chi connectivity index (χ1) is 9.93. The Hall–Kier alpha value is -1.56. The summed E-state index contributed by atoms with van der Waals surface area (Å²) in [6.07, 6.45) is 1.74. The molecule has 1 aromatic carbocycles. The van der Waals surface area contributed by atoms with E-state index in [0.29, 0.717) is 22.8 Å². The first-order valence-corrected chi connectivity index (χ1v) is 7.11. The Morgan fingerprint density at radius 1 is 1.41 bits per heavy atom. The van der Waals surface area contributed by atoms with E-state index in [9.17, 15) is 4.79 Å². The lowest BCUT2D eigenvalue weighted by atomic mass is 10.2. The van der Waals surface area contributed by atoms with E-state index in [4.69, 9.17) is 17.3 Å². The minimum absolute atomic E-state index is 0. The third-order valence-electron chi connectivity index (χ3n) is 3.54. The van der Waals surface area contributed by atoms with Gasteiger partial charge in [-0.25, -0.2) is 4.68 Å². The highest BCUT2D eigenvalue weighted by Gasteiger charge is 2.20.